The maximum atomic E-state index is 11.4. The van der Waals surface area contributed by atoms with Crippen molar-refractivity contribution in [3.05, 3.63) is 24.3 Å². The number of esters is 1. The fourth-order valence-electron chi connectivity index (χ4n) is 7.03. The molecule has 2 unspecified atom stereocenters. The van der Waals surface area contributed by atoms with Crippen molar-refractivity contribution in [2.24, 2.45) is 17.8 Å². The van der Waals surface area contributed by atoms with E-state index in [9.17, 15) is 9.90 Å². The highest BCUT2D eigenvalue weighted by atomic mass is 16.7. The van der Waals surface area contributed by atoms with Crippen LogP contribution in [0.4, 0.5) is 0 Å². The van der Waals surface area contributed by atoms with Gasteiger partial charge in [0.25, 0.3) is 0 Å². The van der Waals surface area contributed by atoms with E-state index in [2.05, 4.69) is 24.3 Å². The lowest BCUT2D eigenvalue weighted by atomic mass is 9.85. The van der Waals surface area contributed by atoms with Crippen LogP contribution in [0.15, 0.2) is 24.3 Å². The molecule has 7 nitrogen and oxygen atoms in total. The highest BCUT2D eigenvalue weighted by molar-refractivity contribution is 5.69. The van der Waals surface area contributed by atoms with Crippen molar-refractivity contribution in [3.63, 3.8) is 0 Å². The number of aliphatic hydroxyl groups is 1. The van der Waals surface area contributed by atoms with E-state index in [1.54, 1.807) is 0 Å². The Kier molecular flexibility index (Phi) is 14.7. The Balaban J connectivity index is 1.41. The second-order valence-corrected chi connectivity index (χ2v) is 12.6. The lowest BCUT2D eigenvalue weighted by molar-refractivity contribution is -0.193. The van der Waals surface area contributed by atoms with Crippen LogP contribution in [-0.4, -0.2) is 62.3 Å². The van der Waals surface area contributed by atoms with Crippen LogP contribution in [0.5, 0.6) is 0 Å². The molecule has 2 saturated heterocycles. The normalized spacial score (nSPS) is 32.5. The molecule has 0 bridgehead atoms. The molecule has 0 aromatic heterocycles. The maximum absolute atomic E-state index is 11.4. The van der Waals surface area contributed by atoms with E-state index in [-0.39, 0.29) is 42.6 Å². The van der Waals surface area contributed by atoms with E-state index in [0.29, 0.717) is 12.8 Å². The van der Waals surface area contributed by atoms with Crippen molar-refractivity contribution in [1.29, 1.82) is 0 Å². The van der Waals surface area contributed by atoms with Gasteiger partial charge in [0.2, 0.25) is 0 Å². The van der Waals surface area contributed by atoms with Crippen molar-refractivity contribution in [2.75, 3.05) is 20.3 Å². The smallest absolute Gasteiger partial charge is 0.305 e. The number of rotatable bonds is 15. The van der Waals surface area contributed by atoms with Gasteiger partial charge >= 0.3 is 5.97 Å². The summed E-state index contributed by atoms with van der Waals surface area (Å²) in [7, 11) is 1.43. The van der Waals surface area contributed by atoms with E-state index in [0.717, 1.165) is 83.3 Å². The first-order chi connectivity index (χ1) is 20.1. The molecule has 4 fully saturated rings. The second kappa shape index (κ2) is 18.4. The molecular weight excluding hydrogens is 520 g/mol. The SMILES string of the molecule is COC(=O)CCC/C=C\C[C@@H]1[C@@H](/C=C/[C@H](CCC2CCCCC2)OC2CCCCO2)[C@H](OC2CCCCO2)C[C@@H]1O. The third kappa shape index (κ3) is 11.4. The molecule has 4 aliphatic rings. The molecular formula is C34H56O7. The average Bonchev–Trinajstić information content (AvgIpc) is 3.30. The molecule has 2 aliphatic heterocycles. The predicted molar refractivity (Wildman–Crippen MR) is 159 cm³/mol. The summed E-state index contributed by atoms with van der Waals surface area (Å²) in [5.41, 5.74) is 0. The fraction of sp³-hybridized carbons (Fsp3) is 0.853. The monoisotopic (exact) mass is 576 g/mol. The maximum Gasteiger partial charge on any atom is 0.305 e. The molecule has 7 heteroatoms. The van der Waals surface area contributed by atoms with E-state index in [1.165, 1.54) is 45.6 Å². The Labute approximate surface area is 248 Å². The first-order valence-electron chi connectivity index (χ1n) is 16.7. The molecule has 234 valence electrons. The Bertz CT molecular complexity index is 780. The molecule has 41 heavy (non-hydrogen) atoms. The Morgan fingerprint density at radius 1 is 0.951 bits per heavy atom. The van der Waals surface area contributed by atoms with Gasteiger partial charge in [-0.15, -0.1) is 0 Å². The number of unbranched alkanes of at least 4 members (excludes halogenated alkanes) is 1. The Morgan fingerprint density at radius 3 is 2.39 bits per heavy atom. The van der Waals surface area contributed by atoms with Gasteiger partial charge in [-0.2, -0.15) is 0 Å². The average molecular weight is 577 g/mol. The van der Waals surface area contributed by atoms with E-state index >= 15 is 0 Å². The van der Waals surface area contributed by atoms with E-state index in [4.69, 9.17) is 23.7 Å². The van der Waals surface area contributed by atoms with Crippen LogP contribution in [0, 0.1) is 17.8 Å². The zero-order chi connectivity index (χ0) is 28.7. The molecule has 0 amide bonds. The number of aliphatic hydroxyl groups excluding tert-OH is 1. The molecule has 0 spiro atoms. The van der Waals surface area contributed by atoms with Gasteiger partial charge in [-0.05, 0) is 82.5 Å². The number of methoxy groups -OCH3 is 1. The molecule has 0 radical (unpaired) electrons. The lowest BCUT2D eigenvalue weighted by Crippen LogP contribution is -2.31. The van der Waals surface area contributed by atoms with Crippen LogP contribution in [0.1, 0.15) is 116 Å². The van der Waals surface area contributed by atoms with Gasteiger partial charge in [-0.3, -0.25) is 4.79 Å². The summed E-state index contributed by atoms with van der Waals surface area (Å²) in [6.45, 7) is 1.53. The minimum Gasteiger partial charge on any atom is -0.469 e. The van der Waals surface area contributed by atoms with Crippen molar-refractivity contribution in [2.45, 2.75) is 146 Å². The van der Waals surface area contributed by atoms with Crippen LogP contribution in [0.3, 0.4) is 0 Å². The quantitative estimate of drug-likeness (QED) is 0.127. The number of carbonyl (C=O) groups excluding carboxylic acids is 1. The van der Waals surface area contributed by atoms with E-state index < -0.39 is 6.10 Å². The van der Waals surface area contributed by atoms with Gasteiger partial charge in [-0.25, -0.2) is 0 Å². The first-order valence-corrected chi connectivity index (χ1v) is 16.7. The summed E-state index contributed by atoms with van der Waals surface area (Å²) in [5.74, 6) is 0.795. The van der Waals surface area contributed by atoms with Crippen molar-refractivity contribution < 1.29 is 33.6 Å². The van der Waals surface area contributed by atoms with Crippen LogP contribution >= 0.6 is 0 Å². The number of hydrogen-bond acceptors (Lipinski definition) is 7. The van der Waals surface area contributed by atoms with Gasteiger partial charge in [-0.1, -0.05) is 56.4 Å². The van der Waals surface area contributed by atoms with E-state index in [1.807, 2.05) is 0 Å². The molecule has 2 heterocycles. The standard InChI is InChI=1S/C34H56O7/c1-37-32(36)16-8-3-2-7-15-28-29(31(25-30(28)35)41-34-18-10-12-24-39-34)22-21-27(40-33-17-9-11-23-38-33)20-19-26-13-5-4-6-14-26/h2,7,21-22,26-31,33-35H,3-6,8-20,23-25H2,1H3/b7-2-,22-21+/t27-,28+,29+,30-,31+,33?,34?/m0/s1. The van der Waals surface area contributed by atoms with Gasteiger partial charge in [0.15, 0.2) is 12.6 Å². The molecule has 7 atom stereocenters. The molecule has 2 saturated carbocycles. The minimum atomic E-state index is -0.429. The summed E-state index contributed by atoms with van der Waals surface area (Å²) in [6.07, 6.45) is 26.8. The van der Waals surface area contributed by atoms with Gasteiger partial charge in [0.1, 0.15) is 0 Å². The largest absolute Gasteiger partial charge is 0.469 e. The van der Waals surface area contributed by atoms with Crippen LogP contribution in [0.25, 0.3) is 0 Å². The number of hydrogen-bond donors (Lipinski definition) is 1. The summed E-state index contributed by atoms with van der Waals surface area (Å²) in [5, 5.41) is 11.2. The molecule has 0 aromatic carbocycles. The molecule has 2 aliphatic carbocycles. The number of ether oxygens (including phenoxy) is 5. The van der Waals surface area contributed by atoms with Gasteiger partial charge < -0.3 is 28.8 Å². The summed E-state index contributed by atoms with van der Waals surface area (Å²) < 4.78 is 29.7. The number of carbonyl (C=O) groups is 1. The second-order valence-electron chi connectivity index (χ2n) is 12.6. The van der Waals surface area contributed by atoms with Crippen molar-refractivity contribution in [1.82, 2.24) is 0 Å². The zero-order valence-corrected chi connectivity index (χ0v) is 25.5. The third-order valence-electron chi connectivity index (χ3n) is 9.51. The Morgan fingerprint density at radius 2 is 1.68 bits per heavy atom. The molecule has 4 rings (SSSR count). The van der Waals surface area contributed by atoms with Crippen LogP contribution < -0.4 is 0 Å². The highest BCUT2D eigenvalue weighted by Gasteiger charge is 2.42. The minimum absolute atomic E-state index is 0.0128. The Hall–Kier alpha value is -1.25. The first kappa shape index (κ1) is 32.7. The zero-order valence-electron chi connectivity index (χ0n) is 25.5. The van der Waals surface area contributed by atoms with Gasteiger partial charge in [0.05, 0.1) is 25.4 Å². The number of allylic oxidation sites excluding steroid dienone is 2. The van der Waals surface area contributed by atoms with Crippen LogP contribution in [-0.2, 0) is 28.5 Å². The predicted octanol–water partition coefficient (Wildman–Crippen LogP) is 7.01. The van der Waals surface area contributed by atoms with Gasteiger partial charge in [0, 0.05) is 32.0 Å². The highest BCUT2D eigenvalue weighted by Crippen LogP contribution is 2.40. The van der Waals surface area contributed by atoms with Crippen molar-refractivity contribution in [3.8, 4) is 0 Å². The lowest BCUT2D eigenvalue weighted by Gasteiger charge is -2.30. The molecule has 1 N–H and O–H groups in total. The summed E-state index contributed by atoms with van der Waals surface area (Å²) in [6, 6.07) is 0. The fourth-order valence-corrected chi connectivity index (χ4v) is 7.03. The van der Waals surface area contributed by atoms with Crippen LogP contribution in [0.2, 0.25) is 0 Å². The third-order valence-corrected chi connectivity index (χ3v) is 9.51. The summed E-state index contributed by atoms with van der Waals surface area (Å²) in [4.78, 5) is 11.4. The molecule has 0 aromatic rings. The summed E-state index contributed by atoms with van der Waals surface area (Å²) >= 11 is 0. The topological polar surface area (TPSA) is 83.5 Å². The van der Waals surface area contributed by atoms with Crippen molar-refractivity contribution >= 4 is 5.97 Å².